The van der Waals surface area contributed by atoms with Crippen LogP contribution in [0.3, 0.4) is 0 Å². The number of amides is 2. The summed E-state index contributed by atoms with van der Waals surface area (Å²) in [5.41, 5.74) is 6.76. The standard InChI is InChI=1S/C31H30N6O2/c1-20-27(21(2)36-35-20)24-14-16-25(17-15-24)33-31(39)29(34-30(38)26-18-19-32-37(26)3)28(22-10-6-4-7-11-22)23-12-8-5-9-13-23/h4-19,28-29H,1-3H3,(H,33,39)(H,34,38)(H,35,36). The molecule has 0 saturated carbocycles. The molecule has 8 nitrogen and oxygen atoms in total. The maximum absolute atomic E-state index is 13.9. The van der Waals surface area contributed by atoms with E-state index in [1.54, 1.807) is 19.3 Å². The van der Waals surface area contributed by atoms with Gasteiger partial charge in [0.15, 0.2) is 0 Å². The van der Waals surface area contributed by atoms with Gasteiger partial charge in [0, 0.05) is 36.1 Å². The SMILES string of the molecule is Cc1n[nH]c(C)c1-c1ccc(NC(=O)C(NC(=O)c2ccnn2C)C(c2ccccc2)c2ccccc2)cc1. The maximum Gasteiger partial charge on any atom is 0.270 e. The van der Waals surface area contributed by atoms with Gasteiger partial charge in [0.1, 0.15) is 11.7 Å². The highest BCUT2D eigenvalue weighted by Crippen LogP contribution is 2.30. The van der Waals surface area contributed by atoms with Crippen molar-refractivity contribution in [2.75, 3.05) is 5.32 Å². The Balaban J connectivity index is 1.49. The van der Waals surface area contributed by atoms with Crippen LogP contribution in [0.2, 0.25) is 0 Å². The normalized spacial score (nSPS) is 11.8. The lowest BCUT2D eigenvalue weighted by Gasteiger charge is -2.28. The maximum atomic E-state index is 13.9. The average Bonchev–Trinajstić information content (AvgIpc) is 3.54. The molecule has 1 unspecified atom stereocenters. The van der Waals surface area contributed by atoms with Crippen molar-refractivity contribution >= 4 is 17.5 Å². The van der Waals surface area contributed by atoms with E-state index in [2.05, 4.69) is 25.9 Å². The molecule has 39 heavy (non-hydrogen) atoms. The number of aromatic amines is 1. The third-order valence-corrected chi connectivity index (χ3v) is 6.84. The number of rotatable bonds is 8. The van der Waals surface area contributed by atoms with E-state index in [0.717, 1.165) is 33.6 Å². The van der Waals surface area contributed by atoms with Crippen molar-refractivity contribution in [2.45, 2.75) is 25.8 Å². The van der Waals surface area contributed by atoms with Gasteiger partial charge >= 0.3 is 0 Å². The monoisotopic (exact) mass is 518 g/mol. The van der Waals surface area contributed by atoms with Crippen LogP contribution in [0.4, 0.5) is 5.69 Å². The van der Waals surface area contributed by atoms with Crippen molar-refractivity contribution in [1.82, 2.24) is 25.3 Å². The van der Waals surface area contributed by atoms with Crippen LogP contribution in [-0.4, -0.2) is 37.8 Å². The molecule has 8 heteroatoms. The Morgan fingerprint density at radius 3 is 1.97 bits per heavy atom. The lowest BCUT2D eigenvalue weighted by atomic mass is 9.84. The number of hydrogen-bond acceptors (Lipinski definition) is 4. The fourth-order valence-electron chi connectivity index (χ4n) is 4.93. The first-order chi connectivity index (χ1) is 18.9. The van der Waals surface area contributed by atoms with Gasteiger partial charge in [0.2, 0.25) is 5.91 Å². The Hall–Kier alpha value is -4.98. The summed E-state index contributed by atoms with van der Waals surface area (Å²) >= 11 is 0. The minimum Gasteiger partial charge on any atom is -0.338 e. The third kappa shape index (κ3) is 5.50. The number of aromatic nitrogens is 4. The first-order valence-corrected chi connectivity index (χ1v) is 12.7. The number of carbonyl (C=O) groups excluding carboxylic acids is 2. The van der Waals surface area contributed by atoms with Crippen LogP contribution in [-0.2, 0) is 11.8 Å². The summed E-state index contributed by atoms with van der Waals surface area (Å²) < 4.78 is 1.49. The number of anilines is 1. The van der Waals surface area contributed by atoms with Gasteiger partial charge in [0.05, 0.1) is 5.69 Å². The van der Waals surface area contributed by atoms with E-state index in [1.165, 1.54) is 4.68 Å². The molecule has 5 rings (SSSR count). The smallest absolute Gasteiger partial charge is 0.270 e. The molecule has 0 aliphatic rings. The molecule has 2 amide bonds. The molecule has 2 aromatic heterocycles. The van der Waals surface area contributed by atoms with Crippen LogP contribution in [0.1, 0.15) is 38.9 Å². The average molecular weight is 519 g/mol. The molecule has 196 valence electrons. The summed E-state index contributed by atoms with van der Waals surface area (Å²) in [5.74, 6) is -1.14. The molecule has 3 N–H and O–H groups in total. The number of benzene rings is 3. The second kappa shape index (κ2) is 11.2. The zero-order valence-electron chi connectivity index (χ0n) is 22.1. The molecule has 2 heterocycles. The van der Waals surface area contributed by atoms with Gasteiger partial charge in [-0.15, -0.1) is 0 Å². The van der Waals surface area contributed by atoms with Crippen LogP contribution in [0.5, 0.6) is 0 Å². The number of aryl methyl sites for hydroxylation is 3. The van der Waals surface area contributed by atoms with Crippen LogP contribution in [0, 0.1) is 13.8 Å². The quantitative estimate of drug-likeness (QED) is 0.269. The second-order valence-electron chi connectivity index (χ2n) is 9.47. The molecule has 0 saturated heterocycles. The van der Waals surface area contributed by atoms with E-state index in [-0.39, 0.29) is 11.8 Å². The summed E-state index contributed by atoms with van der Waals surface area (Å²) in [7, 11) is 1.70. The summed E-state index contributed by atoms with van der Waals surface area (Å²) in [6, 6.07) is 27.8. The van der Waals surface area contributed by atoms with Gasteiger partial charge in [0.25, 0.3) is 5.91 Å². The predicted octanol–water partition coefficient (Wildman–Crippen LogP) is 5.00. The third-order valence-electron chi connectivity index (χ3n) is 6.84. The Morgan fingerprint density at radius 2 is 1.46 bits per heavy atom. The molecule has 1 atom stereocenters. The first kappa shape index (κ1) is 25.7. The second-order valence-corrected chi connectivity index (χ2v) is 9.47. The Morgan fingerprint density at radius 1 is 0.846 bits per heavy atom. The topological polar surface area (TPSA) is 105 Å². The van der Waals surface area contributed by atoms with E-state index in [0.29, 0.717) is 11.4 Å². The number of hydrogen-bond donors (Lipinski definition) is 3. The summed E-state index contributed by atoms with van der Waals surface area (Å²) in [6.07, 6.45) is 1.56. The summed E-state index contributed by atoms with van der Waals surface area (Å²) in [5, 5.41) is 17.4. The first-order valence-electron chi connectivity index (χ1n) is 12.7. The lowest BCUT2D eigenvalue weighted by Crippen LogP contribution is -2.48. The van der Waals surface area contributed by atoms with E-state index >= 15 is 0 Å². The highest BCUT2D eigenvalue weighted by atomic mass is 16.2. The van der Waals surface area contributed by atoms with Crippen molar-refractivity contribution in [2.24, 2.45) is 7.05 Å². The van der Waals surface area contributed by atoms with E-state index in [9.17, 15) is 9.59 Å². The molecular formula is C31H30N6O2. The van der Waals surface area contributed by atoms with Crippen molar-refractivity contribution in [3.63, 3.8) is 0 Å². The van der Waals surface area contributed by atoms with Crippen LogP contribution < -0.4 is 10.6 Å². The number of nitrogens with zero attached hydrogens (tertiary/aromatic N) is 3. The molecule has 5 aromatic rings. The van der Waals surface area contributed by atoms with Crippen molar-refractivity contribution in [3.05, 3.63) is 125 Å². The number of carbonyl (C=O) groups is 2. The van der Waals surface area contributed by atoms with Gasteiger partial charge in [-0.2, -0.15) is 10.2 Å². The molecule has 0 bridgehead atoms. The Labute approximate surface area is 227 Å². The highest BCUT2D eigenvalue weighted by molar-refractivity contribution is 6.01. The molecule has 3 aromatic carbocycles. The molecule has 0 radical (unpaired) electrons. The number of H-pyrrole nitrogens is 1. The zero-order valence-corrected chi connectivity index (χ0v) is 22.1. The van der Waals surface area contributed by atoms with Crippen molar-refractivity contribution in [3.8, 4) is 11.1 Å². The minimum absolute atomic E-state index is 0.327. The summed E-state index contributed by atoms with van der Waals surface area (Å²) in [4.78, 5) is 27.3. The molecular weight excluding hydrogens is 488 g/mol. The van der Waals surface area contributed by atoms with Crippen LogP contribution >= 0.6 is 0 Å². The Bertz CT molecular complexity index is 1510. The predicted molar refractivity (Wildman–Crippen MR) is 151 cm³/mol. The van der Waals surface area contributed by atoms with E-state index in [1.807, 2.05) is 98.8 Å². The van der Waals surface area contributed by atoms with Gasteiger partial charge < -0.3 is 10.6 Å². The number of nitrogens with one attached hydrogen (secondary N) is 3. The molecule has 0 aliphatic heterocycles. The van der Waals surface area contributed by atoms with Crippen LogP contribution in [0.25, 0.3) is 11.1 Å². The largest absolute Gasteiger partial charge is 0.338 e. The summed E-state index contributed by atoms with van der Waals surface area (Å²) in [6.45, 7) is 3.94. The molecule has 0 spiro atoms. The van der Waals surface area contributed by atoms with Crippen molar-refractivity contribution in [1.29, 1.82) is 0 Å². The fourth-order valence-corrected chi connectivity index (χ4v) is 4.93. The van der Waals surface area contributed by atoms with Gasteiger partial charge in [-0.25, -0.2) is 0 Å². The fraction of sp³-hybridized carbons (Fsp3) is 0.161. The van der Waals surface area contributed by atoms with Gasteiger partial charge in [-0.3, -0.25) is 19.4 Å². The lowest BCUT2D eigenvalue weighted by molar-refractivity contribution is -0.118. The van der Waals surface area contributed by atoms with E-state index < -0.39 is 12.0 Å². The van der Waals surface area contributed by atoms with Crippen LogP contribution in [0.15, 0.2) is 97.2 Å². The molecule has 0 aliphatic carbocycles. The minimum atomic E-state index is -0.907. The van der Waals surface area contributed by atoms with Gasteiger partial charge in [-0.1, -0.05) is 72.8 Å². The molecule has 0 fully saturated rings. The van der Waals surface area contributed by atoms with Gasteiger partial charge in [-0.05, 0) is 48.7 Å². The highest BCUT2D eigenvalue weighted by Gasteiger charge is 2.33. The van der Waals surface area contributed by atoms with Crippen molar-refractivity contribution < 1.29 is 9.59 Å². The zero-order chi connectivity index (χ0) is 27.4. The Kier molecular flexibility index (Phi) is 7.36. The van der Waals surface area contributed by atoms with E-state index in [4.69, 9.17) is 0 Å².